The molecule has 4 heteroatoms. The van der Waals surface area contributed by atoms with E-state index in [1.165, 1.54) is 0 Å². The van der Waals surface area contributed by atoms with E-state index < -0.39 is 0 Å². The predicted octanol–water partition coefficient (Wildman–Crippen LogP) is 3.03. The molecule has 0 aliphatic heterocycles. The molecular formula is C11H10BrN3. The van der Waals surface area contributed by atoms with Crippen LogP contribution in [0, 0.1) is 22.7 Å². The number of benzene rings is 1. The van der Waals surface area contributed by atoms with E-state index in [1.54, 1.807) is 18.2 Å². The maximum absolute atomic E-state index is 8.88. The minimum atomic E-state index is -0.258. The summed E-state index contributed by atoms with van der Waals surface area (Å²) in [4.78, 5) is 0. The van der Waals surface area contributed by atoms with Gasteiger partial charge in [-0.1, -0.05) is 22.9 Å². The fourth-order valence-electron chi connectivity index (χ4n) is 1.15. The van der Waals surface area contributed by atoms with Crippen molar-refractivity contribution in [3.05, 3.63) is 28.2 Å². The lowest BCUT2D eigenvalue weighted by atomic mass is 10.1. The molecule has 3 nitrogen and oxygen atoms in total. The van der Waals surface area contributed by atoms with Gasteiger partial charge < -0.3 is 5.32 Å². The summed E-state index contributed by atoms with van der Waals surface area (Å²) in [6, 6.07) is 9.29. The van der Waals surface area contributed by atoms with E-state index >= 15 is 0 Å². The summed E-state index contributed by atoms with van der Waals surface area (Å²) in [5.74, 6) is 0. The Hall–Kier alpha value is -1.52. The molecule has 0 saturated carbocycles. The molecule has 0 bridgehead atoms. The van der Waals surface area contributed by atoms with E-state index in [0.717, 1.165) is 4.47 Å². The first-order valence-electron chi connectivity index (χ1n) is 4.57. The number of halogens is 1. The van der Waals surface area contributed by atoms with Crippen molar-refractivity contribution in [2.75, 3.05) is 5.32 Å². The van der Waals surface area contributed by atoms with Gasteiger partial charge in [0, 0.05) is 4.47 Å². The Bertz CT molecular complexity index is 428. The average molecular weight is 264 g/mol. The van der Waals surface area contributed by atoms with Crippen molar-refractivity contribution in [1.82, 2.24) is 0 Å². The van der Waals surface area contributed by atoms with E-state index in [2.05, 4.69) is 33.4 Å². The summed E-state index contributed by atoms with van der Waals surface area (Å²) < 4.78 is 0.886. The molecule has 0 spiro atoms. The molecule has 0 fully saturated rings. The number of rotatable bonds is 3. The second kappa shape index (κ2) is 5.38. The lowest BCUT2D eigenvalue weighted by Crippen LogP contribution is -2.16. The highest BCUT2D eigenvalue weighted by atomic mass is 79.9. The number of nitrogens with zero attached hydrogens (tertiary/aromatic N) is 2. The SMILES string of the molecule is CCC(C#N)Nc1cc(Br)ccc1C#N. The smallest absolute Gasteiger partial charge is 0.114 e. The normalized spacial score (nSPS) is 11.2. The first-order chi connectivity index (χ1) is 7.21. The molecule has 1 aromatic rings. The first kappa shape index (κ1) is 11.6. The van der Waals surface area contributed by atoms with Crippen LogP contribution in [0.4, 0.5) is 5.69 Å². The highest BCUT2D eigenvalue weighted by Crippen LogP contribution is 2.21. The molecule has 1 aromatic carbocycles. The van der Waals surface area contributed by atoms with Gasteiger partial charge in [-0.05, 0) is 24.6 Å². The minimum Gasteiger partial charge on any atom is -0.369 e. The number of hydrogen-bond acceptors (Lipinski definition) is 3. The summed E-state index contributed by atoms with van der Waals surface area (Å²) >= 11 is 3.33. The summed E-state index contributed by atoms with van der Waals surface area (Å²) in [5, 5.41) is 20.7. The minimum absolute atomic E-state index is 0.258. The van der Waals surface area contributed by atoms with Crippen LogP contribution in [0.1, 0.15) is 18.9 Å². The van der Waals surface area contributed by atoms with Crippen LogP contribution < -0.4 is 5.32 Å². The predicted molar refractivity (Wildman–Crippen MR) is 62.2 cm³/mol. The number of hydrogen-bond donors (Lipinski definition) is 1. The first-order valence-corrected chi connectivity index (χ1v) is 5.36. The Labute approximate surface area is 97.5 Å². The van der Waals surface area contributed by atoms with Gasteiger partial charge in [-0.25, -0.2) is 0 Å². The van der Waals surface area contributed by atoms with Gasteiger partial charge >= 0.3 is 0 Å². The molecule has 0 amide bonds. The molecule has 1 N–H and O–H groups in total. The average Bonchev–Trinajstić information content (AvgIpc) is 2.26. The van der Waals surface area contributed by atoms with Crippen molar-refractivity contribution in [1.29, 1.82) is 10.5 Å². The largest absolute Gasteiger partial charge is 0.369 e. The molecule has 0 radical (unpaired) electrons. The highest BCUT2D eigenvalue weighted by Gasteiger charge is 2.07. The van der Waals surface area contributed by atoms with Crippen LogP contribution in [0.5, 0.6) is 0 Å². The highest BCUT2D eigenvalue weighted by molar-refractivity contribution is 9.10. The van der Waals surface area contributed by atoms with Gasteiger partial charge in [-0.15, -0.1) is 0 Å². The zero-order valence-corrected chi connectivity index (χ0v) is 9.87. The standard InChI is InChI=1S/C11H10BrN3/c1-2-10(7-14)15-11-5-9(12)4-3-8(11)6-13/h3-5,10,15H,2H2,1H3. The fraction of sp³-hybridized carbons (Fsp3) is 0.273. The summed E-state index contributed by atoms with van der Waals surface area (Å²) in [5.41, 5.74) is 1.24. The molecule has 1 unspecified atom stereocenters. The zero-order valence-electron chi connectivity index (χ0n) is 8.29. The second-order valence-corrected chi connectivity index (χ2v) is 3.95. The maximum Gasteiger partial charge on any atom is 0.114 e. The molecule has 1 rings (SSSR count). The van der Waals surface area contributed by atoms with Crippen molar-refractivity contribution >= 4 is 21.6 Å². The van der Waals surface area contributed by atoms with Gasteiger partial charge in [-0.2, -0.15) is 10.5 Å². The van der Waals surface area contributed by atoms with Crippen molar-refractivity contribution in [2.45, 2.75) is 19.4 Å². The Balaban J connectivity index is 2.99. The molecule has 0 aliphatic carbocycles. The molecule has 0 heterocycles. The third-order valence-electron chi connectivity index (χ3n) is 2.00. The van der Waals surface area contributed by atoms with E-state index in [9.17, 15) is 0 Å². The van der Waals surface area contributed by atoms with Gasteiger partial charge in [0.1, 0.15) is 12.1 Å². The maximum atomic E-state index is 8.88. The Kier molecular flexibility index (Phi) is 4.15. The van der Waals surface area contributed by atoms with Crippen molar-refractivity contribution in [2.24, 2.45) is 0 Å². The zero-order chi connectivity index (χ0) is 11.3. The summed E-state index contributed by atoms with van der Waals surface area (Å²) in [6.07, 6.45) is 0.702. The van der Waals surface area contributed by atoms with Gasteiger partial charge in [0.2, 0.25) is 0 Å². The lowest BCUT2D eigenvalue weighted by Gasteiger charge is -2.12. The van der Waals surface area contributed by atoms with Gasteiger partial charge in [0.15, 0.2) is 0 Å². The van der Waals surface area contributed by atoms with Crippen LogP contribution in [0.3, 0.4) is 0 Å². The van der Waals surface area contributed by atoms with Crippen LogP contribution in [0.15, 0.2) is 22.7 Å². The number of anilines is 1. The Morgan fingerprint density at radius 3 is 2.73 bits per heavy atom. The third kappa shape index (κ3) is 2.97. The number of nitriles is 2. The van der Waals surface area contributed by atoms with Crippen molar-refractivity contribution < 1.29 is 0 Å². The number of nitrogens with one attached hydrogen (secondary N) is 1. The van der Waals surface area contributed by atoms with Crippen molar-refractivity contribution in [3.63, 3.8) is 0 Å². The van der Waals surface area contributed by atoms with Crippen LogP contribution in [-0.4, -0.2) is 6.04 Å². The monoisotopic (exact) mass is 263 g/mol. The van der Waals surface area contributed by atoms with E-state index in [4.69, 9.17) is 10.5 Å². The van der Waals surface area contributed by atoms with Gasteiger partial charge in [-0.3, -0.25) is 0 Å². The quantitative estimate of drug-likeness (QED) is 0.912. The van der Waals surface area contributed by atoms with Crippen molar-refractivity contribution in [3.8, 4) is 12.1 Å². The van der Waals surface area contributed by atoms with Crippen LogP contribution in [-0.2, 0) is 0 Å². The topological polar surface area (TPSA) is 59.6 Å². The van der Waals surface area contributed by atoms with E-state index in [-0.39, 0.29) is 6.04 Å². The Morgan fingerprint density at radius 2 is 2.20 bits per heavy atom. The second-order valence-electron chi connectivity index (χ2n) is 3.04. The van der Waals surface area contributed by atoms with Crippen LogP contribution in [0.25, 0.3) is 0 Å². The molecule has 76 valence electrons. The van der Waals surface area contributed by atoms with E-state index in [0.29, 0.717) is 17.7 Å². The lowest BCUT2D eigenvalue weighted by molar-refractivity contribution is 0.845. The van der Waals surface area contributed by atoms with Crippen LogP contribution >= 0.6 is 15.9 Å². The summed E-state index contributed by atoms with van der Waals surface area (Å²) in [6.45, 7) is 1.92. The molecule has 15 heavy (non-hydrogen) atoms. The molecule has 0 saturated heterocycles. The third-order valence-corrected chi connectivity index (χ3v) is 2.49. The van der Waals surface area contributed by atoms with E-state index in [1.807, 2.05) is 6.92 Å². The molecule has 0 aromatic heterocycles. The molecule has 0 aliphatic rings. The summed E-state index contributed by atoms with van der Waals surface area (Å²) in [7, 11) is 0. The van der Waals surface area contributed by atoms with Gasteiger partial charge in [0.05, 0.1) is 17.3 Å². The van der Waals surface area contributed by atoms with Crippen LogP contribution in [0.2, 0.25) is 0 Å². The molecular weight excluding hydrogens is 254 g/mol. The Morgan fingerprint density at radius 1 is 1.47 bits per heavy atom. The fourth-order valence-corrected chi connectivity index (χ4v) is 1.51. The van der Waals surface area contributed by atoms with Gasteiger partial charge in [0.25, 0.3) is 0 Å². The molecule has 1 atom stereocenters.